The van der Waals surface area contributed by atoms with Crippen LogP contribution in [0.4, 0.5) is 0 Å². The molecule has 0 aliphatic heterocycles. The molecule has 0 aromatic carbocycles. The van der Waals surface area contributed by atoms with Crippen LogP contribution in [0.3, 0.4) is 0 Å². The first-order valence-electron chi connectivity index (χ1n) is 3.02. The maximum atomic E-state index is 10.1. The van der Waals surface area contributed by atoms with E-state index in [9.17, 15) is 4.79 Å². The molecule has 58 valence electrons. The predicted molar refractivity (Wildman–Crippen MR) is 44.6 cm³/mol. The second-order valence-corrected chi connectivity index (χ2v) is 2.82. The van der Waals surface area contributed by atoms with Gasteiger partial charge in [0.15, 0.2) is 0 Å². The zero-order valence-corrected chi connectivity index (χ0v) is 7.02. The van der Waals surface area contributed by atoms with E-state index in [4.69, 9.17) is 18.0 Å². The summed E-state index contributed by atoms with van der Waals surface area (Å²) in [6, 6.07) is 0. The van der Waals surface area contributed by atoms with Crippen molar-refractivity contribution in [2.24, 2.45) is 11.7 Å². The van der Waals surface area contributed by atoms with Crippen molar-refractivity contribution >= 4 is 23.6 Å². The first-order valence-corrected chi connectivity index (χ1v) is 3.43. The van der Waals surface area contributed by atoms with Crippen molar-refractivity contribution in [1.29, 1.82) is 0 Å². The Labute approximate surface area is 66.2 Å². The molecule has 1 atom stereocenters. The summed E-state index contributed by atoms with van der Waals surface area (Å²) >= 11 is 4.72. The van der Waals surface area contributed by atoms with Gasteiger partial charge in [-0.25, -0.2) is 0 Å². The largest absolute Gasteiger partial charge is 0.393 e. The van der Waals surface area contributed by atoms with E-state index < -0.39 is 0 Å². The van der Waals surface area contributed by atoms with Gasteiger partial charge >= 0.3 is 0 Å². The van der Waals surface area contributed by atoms with Gasteiger partial charge in [-0.05, 0) is 0 Å². The average molecular weight is 160 g/mol. The van der Waals surface area contributed by atoms with Crippen LogP contribution in [0.5, 0.6) is 0 Å². The molecule has 1 amide bonds. The Balaban J connectivity index is 3.67. The molecule has 0 aliphatic rings. The van der Waals surface area contributed by atoms with Gasteiger partial charge in [0.25, 0.3) is 0 Å². The number of hydrogen-bond acceptors (Lipinski definition) is 2. The van der Waals surface area contributed by atoms with Gasteiger partial charge in [0.2, 0.25) is 6.41 Å². The van der Waals surface area contributed by atoms with E-state index >= 15 is 0 Å². The monoisotopic (exact) mass is 160 g/mol. The fourth-order valence-corrected chi connectivity index (χ4v) is 0.640. The molecule has 4 heteroatoms. The molecule has 0 saturated carbocycles. The maximum Gasteiger partial charge on any atom is 0.209 e. The lowest BCUT2D eigenvalue weighted by Gasteiger charge is -2.15. The van der Waals surface area contributed by atoms with Gasteiger partial charge in [-0.2, -0.15) is 0 Å². The predicted octanol–water partition coefficient (Wildman–Crippen LogP) is -0.00320. The van der Waals surface area contributed by atoms with Crippen molar-refractivity contribution in [1.82, 2.24) is 4.90 Å². The molecule has 0 heterocycles. The van der Waals surface area contributed by atoms with Crippen LogP contribution in [-0.4, -0.2) is 29.9 Å². The van der Waals surface area contributed by atoms with Gasteiger partial charge in [-0.15, -0.1) is 0 Å². The molecule has 0 radical (unpaired) electrons. The smallest absolute Gasteiger partial charge is 0.209 e. The van der Waals surface area contributed by atoms with E-state index in [-0.39, 0.29) is 5.92 Å². The molecular formula is C6H12N2OS. The zero-order valence-electron chi connectivity index (χ0n) is 6.20. The van der Waals surface area contributed by atoms with E-state index in [1.807, 2.05) is 6.92 Å². The van der Waals surface area contributed by atoms with Crippen molar-refractivity contribution in [3.8, 4) is 0 Å². The first-order chi connectivity index (χ1) is 4.57. The fourth-order valence-electron chi connectivity index (χ4n) is 0.565. The number of nitrogens with zero attached hydrogens (tertiary/aromatic N) is 1. The van der Waals surface area contributed by atoms with Gasteiger partial charge in [0, 0.05) is 19.5 Å². The van der Waals surface area contributed by atoms with E-state index in [1.165, 1.54) is 4.90 Å². The third-order valence-corrected chi connectivity index (χ3v) is 1.63. The summed E-state index contributed by atoms with van der Waals surface area (Å²) in [6.07, 6.45) is 0.759. The summed E-state index contributed by atoms with van der Waals surface area (Å²) in [4.78, 5) is 12.1. The van der Waals surface area contributed by atoms with Crippen molar-refractivity contribution in [3.05, 3.63) is 0 Å². The van der Waals surface area contributed by atoms with Crippen LogP contribution >= 0.6 is 12.2 Å². The Morgan fingerprint density at radius 3 is 2.70 bits per heavy atom. The molecule has 10 heavy (non-hydrogen) atoms. The summed E-state index contributed by atoms with van der Waals surface area (Å²) in [5, 5.41) is 0. The molecule has 0 rings (SSSR count). The highest BCUT2D eigenvalue weighted by atomic mass is 32.1. The Hall–Kier alpha value is -0.640. The highest BCUT2D eigenvalue weighted by Crippen LogP contribution is 1.95. The van der Waals surface area contributed by atoms with Crippen LogP contribution < -0.4 is 5.73 Å². The van der Waals surface area contributed by atoms with Crippen LogP contribution in [0.15, 0.2) is 0 Å². The Morgan fingerprint density at radius 1 is 1.90 bits per heavy atom. The van der Waals surface area contributed by atoms with Crippen molar-refractivity contribution in [2.75, 3.05) is 13.6 Å². The molecule has 0 bridgehead atoms. The van der Waals surface area contributed by atoms with Crippen LogP contribution in [-0.2, 0) is 4.79 Å². The molecular weight excluding hydrogens is 148 g/mol. The quantitative estimate of drug-likeness (QED) is 0.465. The zero-order chi connectivity index (χ0) is 8.15. The summed E-state index contributed by atoms with van der Waals surface area (Å²) in [5.41, 5.74) is 5.33. The standard InChI is InChI=1S/C6H12N2OS/c1-5(6(7)10)3-8(2)4-9/h4-5H,3H2,1-2H3,(H2,7,10). The second kappa shape index (κ2) is 4.22. The normalized spacial score (nSPS) is 12.2. The van der Waals surface area contributed by atoms with Gasteiger partial charge in [-0.1, -0.05) is 19.1 Å². The third-order valence-electron chi connectivity index (χ3n) is 1.23. The molecule has 0 aromatic rings. The lowest BCUT2D eigenvalue weighted by molar-refractivity contribution is -0.117. The molecule has 0 aliphatic carbocycles. The second-order valence-electron chi connectivity index (χ2n) is 2.35. The number of nitrogens with two attached hydrogens (primary N) is 1. The Morgan fingerprint density at radius 2 is 2.40 bits per heavy atom. The van der Waals surface area contributed by atoms with Crippen molar-refractivity contribution < 1.29 is 4.79 Å². The van der Waals surface area contributed by atoms with E-state index in [1.54, 1.807) is 7.05 Å². The van der Waals surface area contributed by atoms with Gasteiger partial charge in [0.05, 0.1) is 4.99 Å². The topological polar surface area (TPSA) is 46.3 Å². The van der Waals surface area contributed by atoms with Gasteiger partial charge in [-0.3, -0.25) is 4.79 Å². The molecule has 1 unspecified atom stereocenters. The van der Waals surface area contributed by atoms with Gasteiger partial charge in [0.1, 0.15) is 0 Å². The van der Waals surface area contributed by atoms with Gasteiger partial charge < -0.3 is 10.6 Å². The third kappa shape index (κ3) is 3.40. The van der Waals surface area contributed by atoms with E-state index in [0.717, 1.165) is 6.41 Å². The van der Waals surface area contributed by atoms with E-state index in [0.29, 0.717) is 11.5 Å². The maximum absolute atomic E-state index is 10.1. The number of carbonyl (C=O) groups is 1. The van der Waals surface area contributed by atoms with Crippen LogP contribution in [0, 0.1) is 5.92 Å². The molecule has 3 nitrogen and oxygen atoms in total. The molecule has 0 spiro atoms. The van der Waals surface area contributed by atoms with Crippen LogP contribution in [0.2, 0.25) is 0 Å². The van der Waals surface area contributed by atoms with Crippen molar-refractivity contribution in [2.45, 2.75) is 6.92 Å². The van der Waals surface area contributed by atoms with Crippen LogP contribution in [0.1, 0.15) is 6.92 Å². The SMILES string of the molecule is CC(CN(C)C=O)C(N)=S. The number of carbonyl (C=O) groups excluding carboxylic acids is 1. The summed E-state index contributed by atoms with van der Waals surface area (Å²) in [5.74, 6) is 0.102. The average Bonchev–Trinajstić information content (AvgIpc) is 1.87. The minimum Gasteiger partial charge on any atom is -0.393 e. The first kappa shape index (κ1) is 9.36. The molecule has 0 saturated heterocycles. The highest BCUT2D eigenvalue weighted by molar-refractivity contribution is 7.80. The molecule has 2 N–H and O–H groups in total. The molecule has 0 aromatic heterocycles. The lowest BCUT2D eigenvalue weighted by atomic mass is 10.2. The molecule has 0 fully saturated rings. The summed E-state index contributed by atoms with van der Waals surface area (Å²) < 4.78 is 0. The Kier molecular flexibility index (Phi) is 3.95. The highest BCUT2D eigenvalue weighted by Gasteiger charge is 2.06. The summed E-state index contributed by atoms with van der Waals surface area (Å²) in [6.45, 7) is 2.49. The summed E-state index contributed by atoms with van der Waals surface area (Å²) in [7, 11) is 1.70. The minimum absolute atomic E-state index is 0.102. The number of rotatable bonds is 4. The van der Waals surface area contributed by atoms with E-state index in [2.05, 4.69) is 0 Å². The Bertz CT molecular complexity index is 138. The van der Waals surface area contributed by atoms with Crippen molar-refractivity contribution in [3.63, 3.8) is 0 Å². The van der Waals surface area contributed by atoms with Crippen LogP contribution in [0.25, 0.3) is 0 Å². The number of thiocarbonyl (C=S) groups is 1. The minimum atomic E-state index is 0.102. The lowest BCUT2D eigenvalue weighted by Crippen LogP contribution is -2.30. The fraction of sp³-hybridized carbons (Fsp3) is 0.667. The number of hydrogen-bond donors (Lipinski definition) is 1. The number of amides is 1.